The molecule has 20 heavy (non-hydrogen) atoms. The average Bonchev–Trinajstić information content (AvgIpc) is 2.75. The predicted molar refractivity (Wildman–Crippen MR) is 74.2 cm³/mol. The van der Waals surface area contributed by atoms with Crippen LogP contribution in [0.15, 0.2) is 12.7 Å². The van der Waals surface area contributed by atoms with Crippen molar-refractivity contribution in [3.05, 3.63) is 24.0 Å². The van der Waals surface area contributed by atoms with Gasteiger partial charge in [0.05, 0.1) is 18.0 Å². The zero-order valence-corrected chi connectivity index (χ0v) is 12.5. The van der Waals surface area contributed by atoms with Gasteiger partial charge in [0.2, 0.25) is 0 Å². The fraction of sp³-hybridized carbons (Fsp3) is 0.583. The maximum atomic E-state index is 11.6. The quantitative estimate of drug-likeness (QED) is 0.520. The van der Waals surface area contributed by atoms with Gasteiger partial charge < -0.3 is 4.74 Å². The third kappa shape index (κ3) is 4.44. The first-order valence-electron chi connectivity index (χ1n) is 6.29. The molecular weight excluding hydrogens is 282 g/mol. The average molecular weight is 301 g/mol. The van der Waals surface area contributed by atoms with E-state index in [1.54, 1.807) is 6.92 Å². The normalized spacial score (nSPS) is 11.3. The lowest BCUT2D eigenvalue weighted by molar-refractivity contribution is 0.0542. The number of hydrogen-bond donors (Lipinski definition) is 0. The van der Waals surface area contributed by atoms with E-state index in [4.69, 9.17) is 4.74 Å². The Kier molecular flexibility index (Phi) is 5.87. The van der Waals surface area contributed by atoms with Gasteiger partial charge in [-0.1, -0.05) is 24.8 Å². The first-order chi connectivity index (χ1) is 9.41. The first-order valence-corrected chi connectivity index (χ1v) is 8.12. The summed E-state index contributed by atoms with van der Waals surface area (Å²) in [5, 5.41) is 7.51. The first kappa shape index (κ1) is 16.4. The standard InChI is InChI=1S/C12H19N3O4S/c1-4-7-19-12(16)11-10(3)15(14-13-11)6-9-20(17,18)8-5-2/h4H,1,5-9H2,2-3H3. The minimum Gasteiger partial charge on any atom is -0.457 e. The van der Waals surface area contributed by atoms with E-state index in [2.05, 4.69) is 16.9 Å². The third-order valence-corrected chi connectivity index (χ3v) is 4.47. The Morgan fingerprint density at radius 3 is 2.75 bits per heavy atom. The number of esters is 1. The maximum Gasteiger partial charge on any atom is 0.361 e. The molecule has 7 nitrogen and oxygen atoms in total. The molecule has 0 fully saturated rings. The Labute approximate surface area is 118 Å². The number of rotatable bonds is 8. The number of nitrogens with zero attached hydrogens (tertiary/aromatic N) is 3. The van der Waals surface area contributed by atoms with Gasteiger partial charge in [-0.2, -0.15) is 0 Å². The van der Waals surface area contributed by atoms with Gasteiger partial charge in [0.1, 0.15) is 6.61 Å². The number of carbonyl (C=O) groups excluding carboxylic acids is 1. The van der Waals surface area contributed by atoms with Gasteiger partial charge in [0, 0.05) is 5.75 Å². The van der Waals surface area contributed by atoms with Crippen molar-refractivity contribution in [1.82, 2.24) is 15.0 Å². The van der Waals surface area contributed by atoms with Crippen LogP contribution >= 0.6 is 0 Å². The molecule has 0 bridgehead atoms. The van der Waals surface area contributed by atoms with Crippen LogP contribution < -0.4 is 0 Å². The predicted octanol–water partition coefficient (Wildman–Crippen LogP) is 0.754. The van der Waals surface area contributed by atoms with Crippen molar-refractivity contribution >= 4 is 15.8 Å². The number of carbonyl (C=O) groups is 1. The fourth-order valence-corrected chi connectivity index (χ4v) is 2.88. The molecule has 0 amide bonds. The molecule has 0 radical (unpaired) electrons. The minimum absolute atomic E-state index is 0.0216. The van der Waals surface area contributed by atoms with E-state index in [0.29, 0.717) is 12.1 Å². The Bertz CT molecular complexity index is 578. The molecule has 0 aliphatic rings. The number of sulfone groups is 1. The van der Waals surface area contributed by atoms with E-state index in [9.17, 15) is 13.2 Å². The summed E-state index contributed by atoms with van der Waals surface area (Å²) in [7, 11) is -3.09. The highest BCUT2D eigenvalue weighted by Crippen LogP contribution is 2.06. The van der Waals surface area contributed by atoms with Crippen LogP contribution in [0.3, 0.4) is 0 Å². The van der Waals surface area contributed by atoms with Gasteiger partial charge in [-0.15, -0.1) is 5.10 Å². The van der Waals surface area contributed by atoms with Crippen molar-refractivity contribution < 1.29 is 17.9 Å². The molecule has 1 rings (SSSR count). The molecular formula is C12H19N3O4S. The summed E-state index contributed by atoms with van der Waals surface area (Å²) in [6.45, 7) is 7.17. The molecule has 112 valence electrons. The molecule has 1 aromatic rings. The van der Waals surface area contributed by atoms with Gasteiger partial charge in [-0.25, -0.2) is 17.9 Å². The fourth-order valence-electron chi connectivity index (χ4n) is 1.60. The molecule has 0 saturated carbocycles. The SMILES string of the molecule is C=CCOC(=O)c1nnn(CCS(=O)(=O)CCC)c1C. The molecule has 1 aromatic heterocycles. The molecule has 8 heteroatoms. The second kappa shape index (κ2) is 7.18. The topological polar surface area (TPSA) is 91.2 Å². The van der Waals surface area contributed by atoms with Crippen LogP contribution in [-0.2, 0) is 21.1 Å². The lowest BCUT2D eigenvalue weighted by Crippen LogP contribution is -2.17. The number of aryl methyl sites for hydroxylation is 1. The van der Waals surface area contributed by atoms with Gasteiger partial charge >= 0.3 is 5.97 Å². The van der Waals surface area contributed by atoms with E-state index < -0.39 is 15.8 Å². The number of hydrogen-bond acceptors (Lipinski definition) is 6. The molecule has 0 aromatic carbocycles. The van der Waals surface area contributed by atoms with E-state index in [-0.39, 0.29) is 30.4 Å². The van der Waals surface area contributed by atoms with Crippen molar-refractivity contribution in [2.75, 3.05) is 18.1 Å². The zero-order chi connectivity index (χ0) is 15.2. The Morgan fingerprint density at radius 2 is 2.15 bits per heavy atom. The van der Waals surface area contributed by atoms with Gasteiger partial charge in [0.15, 0.2) is 15.5 Å². The Morgan fingerprint density at radius 1 is 1.45 bits per heavy atom. The second-order valence-electron chi connectivity index (χ2n) is 4.29. The van der Waals surface area contributed by atoms with Crippen LogP contribution in [0.25, 0.3) is 0 Å². The van der Waals surface area contributed by atoms with Gasteiger partial charge in [0.25, 0.3) is 0 Å². The summed E-state index contributed by atoms with van der Waals surface area (Å²) in [5.74, 6) is -0.466. The molecule has 0 spiro atoms. The van der Waals surface area contributed by atoms with Crippen LogP contribution in [0.1, 0.15) is 29.5 Å². The molecule has 0 aliphatic heterocycles. The highest BCUT2D eigenvalue weighted by Gasteiger charge is 2.18. The third-order valence-electron chi connectivity index (χ3n) is 2.64. The molecule has 0 atom stereocenters. The summed E-state index contributed by atoms with van der Waals surface area (Å²) in [6.07, 6.45) is 2.03. The van der Waals surface area contributed by atoms with Crippen molar-refractivity contribution in [2.24, 2.45) is 0 Å². The van der Waals surface area contributed by atoms with Crippen molar-refractivity contribution in [2.45, 2.75) is 26.8 Å². The maximum absolute atomic E-state index is 11.6. The smallest absolute Gasteiger partial charge is 0.361 e. The molecule has 0 unspecified atom stereocenters. The van der Waals surface area contributed by atoms with Crippen molar-refractivity contribution in [3.63, 3.8) is 0 Å². The zero-order valence-electron chi connectivity index (χ0n) is 11.7. The molecule has 1 heterocycles. The van der Waals surface area contributed by atoms with Crippen LogP contribution in [0.5, 0.6) is 0 Å². The summed E-state index contributed by atoms with van der Waals surface area (Å²) >= 11 is 0. The molecule has 0 N–H and O–H groups in total. The minimum atomic E-state index is -3.09. The van der Waals surface area contributed by atoms with Crippen LogP contribution in [0, 0.1) is 6.92 Å². The monoisotopic (exact) mass is 301 g/mol. The highest BCUT2D eigenvalue weighted by molar-refractivity contribution is 7.91. The summed E-state index contributed by atoms with van der Waals surface area (Å²) in [4.78, 5) is 11.6. The summed E-state index contributed by atoms with van der Waals surface area (Å²) in [6, 6.07) is 0. The lowest BCUT2D eigenvalue weighted by atomic mass is 10.3. The number of ether oxygens (including phenoxy) is 1. The van der Waals surface area contributed by atoms with Gasteiger partial charge in [-0.05, 0) is 13.3 Å². The van der Waals surface area contributed by atoms with E-state index in [1.165, 1.54) is 10.8 Å². The van der Waals surface area contributed by atoms with Crippen molar-refractivity contribution in [3.8, 4) is 0 Å². The van der Waals surface area contributed by atoms with E-state index in [1.807, 2.05) is 6.92 Å². The largest absolute Gasteiger partial charge is 0.457 e. The van der Waals surface area contributed by atoms with Gasteiger partial charge in [-0.3, -0.25) is 0 Å². The van der Waals surface area contributed by atoms with E-state index in [0.717, 1.165) is 0 Å². The lowest BCUT2D eigenvalue weighted by Gasteiger charge is -2.04. The van der Waals surface area contributed by atoms with Crippen LogP contribution in [-0.4, -0.2) is 47.5 Å². The second-order valence-corrected chi connectivity index (χ2v) is 6.59. The Hall–Kier alpha value is -1.70. The highest BCUT2D eigenvalue weighted by atomic mass is 32.2. The number of aromatic nitrogens is 3. The Balaban J connectivity index is 2.72. The molecule has 0 aliphatic carbocycles. The molecule has 0 saturated heterocycles. The van der Waals surface area contributed by atoms with Crippen molar-refractivity contribution in [1.29, 1.82) is 0 Å². The summed E-state index contributed by atoms with van der Waals surface area (Å²) < 4.78 is 29.5. The van der Waals surface area contributed by atoms with Crippen LogP contribution in [0.2, 0.25) is 0 Å². The van der Waals surface area contributed by atoms with Crippen LogP contribution in [0.4, 0.5) is 0 Å². The van der Waals surface area contributed by atoms with E-state index >= 15 is 0 Å². The summed E-state index contributed by atoms with van der Waals surface area (Å²) in [5.41, 5.74) is 0.588.